The van der Waals surface area contributed by atoms with E-state index in [0.717, 1.165) is 30.3 Å². The zero-order valence-corrected chi connectivity index (χ0v) is 15.8. The number of hydrogen-bond acceptors (Lipinski definition) is 4. The second kappa shape index (κ2) is 9.03. The second-order valence-electron chi connectivity index (χ2n) is 6.50. The third kappa shape index (κ3) is 5.20. The normalized spacial score (nSPS) is 16.7. The largest absolute Gasteiger partial charge is 0.375 e. The number of rotatable bonds is 6. The Morgan fingerprint density at radius 2 is 2.07 bits per heavy atom. The van der Waals surface area contributed by atoms with Gasteiger partial charge in [0.05, 0.1) is 11.9 Å². The van der Waals surface area contributed by atoms with E-state index in [1.165, 1.54) is 12.1 Å². The van der Waals surface area contributed by atoms with Gasteiger partial charge in [0.25, 0.3) is 0 Å². The molecule has 1 heterocycles. The molecule has 2 aromatic rings. The first-order valence-corrected chi connectivity index (χ1v) is 9.13. The van der Waals surface area contributed by atoms with Crippen molar-refractivity contribution in [2.45, 2.75) is 19.0 Å². The lowest BCUT2D eigenvalue weighted by Crippen LogP contribution is -2.32. The number of nitrogens with two attached hydrogens (primary N) is 1. The van der Waals surface area contributed by atoms with Gasteiger partial charge < -0.3 is 16.0 Å². The van der Waals surface area contributed by atoms with Crippen molar-refractivity contribution >= 4 is 29.2 Å². The molecule has 3 rings (SSSR count). The first kappa shape index (κ1) is 20.1. The number of nitrogens with one attached hydrogen (secondary N) is 2. The Kier molecular flexibility index (Phi) is 6.48. The number of halogens is 3. The Morgan fingerprint density at radius 3 is 2.82 bits per heavy atom. The highest BCUT2D eigenvalue weighted by Gasteiger charge is 2.25. The minimum absolute atomic E-state index is 0.00928. The van der Waals surface area contributed by atoms with Gasteiger partial charge >= 0.3 is 0 Å². The molecule has 1 saturated heterocycles. The number of hydrogen-bond donors (Lipinski definition) is 3. The molecule has 0 spiro atoms. The molecule has 4 N–H and O–H groups in total. The van der Waals surface area contributed by atoms with Crippen molar-refractivity contribution in [3.8, 4) is 0 Å². The van der Waals surface area contributed by atoms with Crippen LogP contribution in [-0.2, 0) is 6.54 Å². The van der Waals surface area contributed by atoms with Crippen LogP contribution in [0, 0.1) is 17.5 Å². The van der Waals surface area contributed by atoms with Crippen molar-refractivity contribution in [3.63, 3.8) is 0 Å². The molecule has 28 heavy (non-hydrogen) atoms. The van der Waals surface area contributed by atoms with E-state index in [1.807, 2.05) is 6.07 Å². The van der Waals surface area contributed by atoms with E-state index in [1.54, 1.807) is 11.0 Å². The van der Waals surface area contributed by atoms with Crippen LogP contribution in [0.4, 0.5) is 18.9 Å². The lowest BCUT2D eigenvalue weighted by molar-refractivity contribution is 0.546. The molecule has 0 radical (unpaired) electrons. The van der Waals surface area contributed by atoms with Crippen LogP contribution in [0.1, 0.15) is 17.5 Å². The maximum absolute atomic E-state index is 14.5. The molecule has 1 fully saturated rings. The third-order valence-corrected chi connectivity index (χ3v) is 4.55. The average Bonchev–Trinajstić information content (AvgIpc) is 3.11. The van der Waals surface area contributed by atoms with E-state index < -0.39 is 11.6 Å². The van der Waals surface area contributed by atoms with E-state index in [0.29, 0.717) is 19.6 Å². The van der Waals surface area contributed by atoms with Crippen LogP contribution in [-0.4, -0.2) is 30.5 Å². The van der Waals surface area contributed by atoms with Crippen molar-refractivity contribution in [1.82, 2.24) is 10.7 Å². The van der Waals surface area contributed by atoms with Crippen LogP contribution in [0.25, 0.3) is 0 Å². The first-order chi connectivity index (χ1) is 13.4. The summed E-state index contributed by atoms with van der Waals surface area (Å²) in [7, 11) is 0. The Labute approximate surface area is 166 Å². The molecule has 148 valence electrons. The smallest absolute Gasteiger partial charge is 0.184 e. The molecular formula is C19H20F3N5S. The highest BCUT2D eigenvalue weighted by Crippen LogP contribution is 2.26. The lowest BCUT2D eigenvalue weighted by atomic mass is 10.2. The predicted octanol–water partition coefficient (Wildman–Crippen LogP) is 2.64. The fourth-order valence-corrected chi connectivity index (χ4v) is 3.17. The van der Waals surface area contributed by atoms with Gasteiger partial charge in [-0.05, 0) is 42.4 Å². The van der Waals surface area contributed by atoms with Crippen molar-refractivity contribution in [2.24, 2.45) is 10.8 Å². The van der Waals surface area contributed by atoms with Gasteiger partial charge in [0.2, 0.25) is 0 Å². The van der Waals surface area contributed by atoms with Gasteiger partial charge in [-0.15, -0.1) is 0 Å². The van der Waals surface area contributed by atoms with Crippen molar-refractivity contribution < 1.29 is 13.2 Å². The van der Waals surface area contributed by atoms with Gasteiger partial charge in [0.15, 0.2) is 5.11 Å². The summed E-state index contributed by atoms with van der Waals surface area (Å²) in [5, 5.41) is 6.91. The maximum Gasteiger partial charge on any atom is 0.184 e. The van der Waals surface area contributed by atoms with Gasteiger partial charge in [-0.1, -0.05) is 12.1 Å². The SMILES string of the molecule is NC(=S)N/N=C/c1cc(F)c(N2CC[C@@H](NCc3cccc(F)c3)C2)cc1F. The van der Waals surface area contributed by atoms with Gasteiger partial charge in [-0.3, -0.25) is 5.43 Å². The number of hydrazone groups is 1. The van der Waals surface area contributed by atoms with E-state index in [-0.39, 0.29) is 28.2 Å². The zero-order valence-electron chi connectivity index (χ0n) is 15.0. The maximum atomic E-state index is 14.5. The summed E-state index contributed by atoms with van der Waals surface area (Å²) < 4.78 is 42.0. The minimum Gasteiger partial charge on any atom is -0.375 e. The molecule has 0 unspecified atom stereocenters. The van der Waals surface area contributed by atoms with Crippen molar-refractivity contribution in [3.05, 3.63) is 65.0 Å². The molecule has 0 aliphatic carbocycles. The standard InChI is InChI=1S/C19H20F3N5S/c20-14-3-1-2-12(6-14)9-24-15-4-5-27(11-15)18-8-16(21)13(7-17(18)22)10-25-26-19(23)28/h1-3,6-8,10,15,24H,4-5,9,11H2,(H3,23,26,28)/b25-10+/t15-/m1/s1. The lowest BCUT2D eigenvalue weighted by Gasteiger charge is -2.20. The van der Waals surface area contributed by atoms with Gasteiger partial charge in [0.1, 0.15) is 17.5 Å². The monoisotopic (exact) mass is 407 g/mol. The number of anilines is 1. The molecule has 5 nitrogen and oxygen atoms in total. The molecule has 0 bridgehead atoms. The Bertz CT molecular complexity index is 890. The zero-order chi connectivity index (χ0) is 20.1. The molecule has 9 heteroatoms. The summed E-state index contributed by atoms with van der Waals surface area (Å²) in [5.74, 6) is -1.41. The molecule has 0 saturated carbocycles. The van der Waals surface area contributed by atoms with Crippen LogP contribution in [0.15, 0.2) is 41.5 Å². The van der Waals surface area contributed by atoms with Crippen LogP contribution in [0.2, 0.25) is 0 Å². The molecule has 2 aromatic carbocycles. The summed E-state index contributed by atoms with van der Waals surface area (Å²) in [6, 6.07) is 8.71. The fourth-order valence-electron chi connectivity index (χ4n) is 3.11. The average molecular weight is 407 g/mol. The van der Waals surface area contributed by atoms with Crippen molar-refractivity contribution in [2.75, 3.05) is 18.0 Å². The van der Waals surface area contributed by atoms with Gasteiger partial charge in [-0.2, -0.15) is 5.10 Å². The van der Waals surface area contributed by atoms with Crippen LogP contribution >= 0.6 is 12.2 Å². The summed E-state index contributed by atoms with van der Waals surface area (Å²) in [6.07, 6.45) is 1.89. The summed E-state index contributed by atoms with van der Waals surface area (Å²) in [4.78, 5) is 1.79. The first-order valence-electron chi connectivity index (χ1n) is 8.72. The van der Waals surface area contributed by atoms with E-state index in [2.05, 4.69) is 28.1 Å². The quantitative estimate of drug-likeness (QED) is 0.390. The van der Waals surface area contributed by atoms with Crippen LogP contribution < -0.4 is 21.4 Å². The molecular weight excluding hydrogens is 387 g/mol. The molecule has 1 aliphatic rings. The summed E-state index contributed by atoms with van der Waals surface area (Å²) >= 11 is 4.59. The molecule has 1 atom stereocenters. The van der Waals surface area contributed by atoms with E-state index >= 15 is 0 Å². The van der Waals surface area contributed by atoms with E-state index in [4.69, 9.17) is 5.73 Å². The highest BCUT2D eigenvalue weighted by atomic mass is 32.1. The van der Waals surface area contributed by atoms with Crippen LogP contribution in [0.3, 0.4) is 0 Å². The Balaban J connectivity index is 1.62. The van der Waals surface area contributed by atoms with Crippen molar-refractivity contribution in [1.29, 1.82) is 0 Å². The topological polar surface area (TPSA) is 65.7 Å². The molecule has 1 aliphatic heterocycles. The fraction of sp³-hybridized carbons (Fsp3) is 0.263. The molecule has 0 aromatic heterocycles. The molecule has 0 amide bonds. The Morgan fingerprint density at radius 1 is 1.25 bits per heavy atom. The Hall–Kier alpha value is -2.65. The van der Waals surface area contributed by atoms with Gasteiger partial charge in [-0.25, -0.2) is 13.2 Å². The summed E-state index contributed by atoms with van der Waals surface area (Å²) in [5.41, 5.74) is 8.55. The van der Waals surface area contributed by atoms with Crippen LogP contribution in [0.5, 0.6) is 0 Å². The number of nitrogens with zero attached hydrogens (tertiary/aromatic N) is 2. The number of thiocarbonyl (C=S) groups is 1. The second-order valence-corrected chi connectivity index (χ2v) is 6.94. The highest BCUT2D eigenvalue weighted by molar-refractivity contribution is 7.80. The third-order valence-electron chi connectivity index (χ3n) is 4.46. The number of benzene rings is 2. The summed E-state index contributed by atoms with van der Waals surface area (Å²) in [6.45, 7) is 1.63. The predicted molar refractivity (Wildman–Crippen MR) is 108 cm³/mol. The van der Waals surface area contributed by atoms with Gasteiger partial charge in [0, 0.05) is 37.3 Å². The minimum atomic E-state index is -0.596. The van der Waals surface area contributed by atoms with E-state index in [9.17, 15) is 13.2 Å².